The number of fused-ring (bicyclic) bond motifs is 1. The molecule has 1 aromatic heterocycles. The van der Waals surface area contributed by atoms with Gasteiger partial charge >= 0.3 is 0 Å². The molecule has 0 aliphatic carbocycles. The first kappa shape index (κ1) is 13.7. The van der Waals surface area contributed by atoms with Gasteiger partial charge in [0, 0.05) is 23.2 Å². The largest absolute Gasteiger partial charge is 0.397 e. The Morgan fingerprint density at radius 1 is 1.20 bits per heavy atom. The molecule has 5 heteroatoms. The number of nitrogens with two attached hydrogens (primary N) is 1. The van der Waals surface area contributed by atoms with Gasteiger partial charge < -0.3 is 10.6 Å². The van der Waals surface area contributed by atoms with Gasteiger partial charge in [-0.3, -0.25) is 4.79 Å². The third kappa shape index (κ3) is 2.38. The van der Waals surface area contributed by atoms with Crippen LogP contribution in [0.3, 0.4) is 0 Å². The van der Waals surface area contributed by atoms with Gasteiger partial charge in [-0.2, -0.15) is 0 Å². The van der Waals surface area contributed by atoms with E-state index >= 15 is 0 Å². The summed E-state index contributed by atoms with van der Waals surface area (Å²) in [6.45, 7) is 1.67. The van der Waals surface area contributed by atoms with Crippen LogP contribution in [0.25, 0.3) is 10.1 Å². The number of likely N-dealkylation sites (tertiary alicyclic amines) is 1. The van der Waals surface area contributed by atoms with Gasteiger partial charge in [0.2, 0.25) is 0 Å². The molecular formula is C15H17ClN2OS. The number of carbonyl (C=O) groups excluding carboxylic acids is 1. The van der Waals surface area contributed by atoms with E-state index in [9.17, 15) is 4.79 Å². The Hall–Kier alpha value is -1.26. The fraction of sp³-hybridized carbons (Fsp3) is 0.400. The van der Waals surface area contributed by atoms with Gasteiger partial charge in [0.1, 0.15) is 4.88 Å². The molecule has 2 N–H and O–H groups in total. The molecule has 0 spiro atoms. The molecule has 0 bridgehead atoms. The Bertz CT molecular complexity index is 645. The van der Waals surface area contributed by atoms with E-state index in [1.54, 1.807) is 0 Å². The summed E-state index contributed by atoms with van der Waals surface area (Å²) in [6.07, 6.45) is 4.57. The van der Waals surface area contributed by atoms with E-state index in [0.29, 0.717) is 15.6 Å². The van der Waals surface area contributed by atoms with E-state index in [1.807, 2.05) is 23.1 Å². The molecule has 0 radical (unpaired) electrons. The van der Waals surface area contributed by atoms with Gasteiger partial charge in [-0.1, -0.05) is 30.5 Å². The van der Waals surface area contributed by atoms with Crippen molar-refractivity contribution in [1.29, 1.82) is 0 Å². The smallest absolute Gasteiger partial charge is 0.266 e. The Morgan fingerprint density at radius 3 is 2.55 bits per heavy atom. The van der Waals surface area contributed by atoms with E-state index in [1.165, 1.54) is 24.2 Å². The minimum absolute atomic E-state index is 0.0571. The van der Waals surface area contributed by atoms with Crippen LogP contribution in [-0.2, 0) is 0 Å². The minimum atomic E-state index is 0.0571. The zero-order chi connectivity index (χ0) is 14.1. The maximum absolute atomic E-state index is 12.7. The van der Waals surface area contributed by atoms with Crippen LogP contribution >= 0.6 is 22.9 Å². The average molecular weight is 309 g/mol. The molecule has 106 valence electrons. The number of benzene rings is 1. The molecule has 3 rings (SSSR count). The van der Waals surface area contributed by atoms with Crippen molar-refractivity contribution in [2.24, 2.45) is 0 Å². The molecule has 1 aliphatic rings. The lowest BCUT2D eigenvalue weighted by atomic mass is 10.2. The number of nitrogens with zero attached hydrogens (tertiary/aromatic N) is 1. The SMILES string of the molecule is Nc1c(C(=O)N2CCCCCC2)sc2cccc(Cl)c12. The van der Waals surface area contributed by atoms with E-state index in [4.69, 9.17) is 17.3 Å². The number of nitrogen functional groups attached to an aromatic ring is 1. The van der Waals surface area contributed by atoms with Crippen molar-refractivity contribution in [1.82, 2.24) is 4.90 Å². The van der Waals surface area contributed by atoms with E-state index in [0.717, 1.165) is 36.0 Å². The lowest BCUT2D eigenvalue weighted by Crippen LogP contribution is -2.31. The third-order valence-electron chi connectivity index (χ3n) is 3.79. The summed E-state index contributed by atoms with van der Waals surface area (Å²) in [5.41, 5.74) is 6.70. The second-order valence-corrected chi connectivity index (χ2v) is 6.62. The Balaban J connectivity index is 1.99. The zero-order valence-corrected chi connectivity index (χ0v) is 12.8. The fourth-order valence-corrected chi connectivity index (χ4v) is 4.15. The summed E-state index contributed by atoms with van der Waals surface area (Å²) >= 11 is 7.64. The molecule has 1 aliphatic heterocycles. The molecule has 2 aromatic rings. The van der Waals surface area contributed by atoms with Crippen molar-refractivity contribution < 1.29 is 4.79 Å². The highest BCUT2D eigenvalue weighted by atomic mass is 35.5. The first-order valence-electron chi connectivity index (χ1n) is 6.94. The van der Waals surface area contributed by atoms with Crippen molar-refractivity contribution in [3.8, 4) is 0 Å². The standard InChI is InChI=1S/C15H17ClN2OS/c16-10-6-5-7-11-12(10)13(17)14(20-11)15(19)18-8-3-1-2-4-9-18/h5-7H,1-4,8-9,17H2. The molecule has 1 saturated heterocycles. The van der Waals surface area contributed by atoms with Crippen molar-refractivity contribution in [2.75, 3.05) is 18.8 Å². The predicted molar refractivity (Wildman–Crippen MR) is 85.6 cm³/mol. The molecule has 1 fully saturated rings. The molecule has 2 heterocycles. The predicted octanol–water partition coefficient (Wildman–Crippen LogP) is 4.15. The molecule has 0 unspecified atom stereocenters. The van der Waals surface area contributed by atoms with Gasteiger partial charge in [0.15, 0.2) is 0 Å². The molecule has 0 saturated carbocycles. The summed E-state index contributed by atoms with van der Waals surface area (Å²) in [4.78, 5) is 15.2. The van der Waals surface area contributed by atoms with Crippen molar-refractivity contribution >= 4 is 44.6 Å². The number of amides is 1. The summed E-state index contributed by atoms with van der Waals surface area (Å²) in [5.74, 6) is 0.0571. The molecule has 1 aromatic carbocycles. The van der Waals surface area contributed by atoms with Gasteiger partial charge in [0.05, 0.1) is 10.7 Å². The Kier molecular flexibility index (Phi) is 3.85. The normalized spacial score (nSPS) is 16.4. The van der Waals surface area contributed by atoms with Crippen LogP contribution in [0.15, 0.2) is 18.2 Å². The molecule has 3 nitrogen and oxygen atoms in total. The lowest BCUT2D eigenvalue weighted by molar-refractivity contribution is 0.0767. The summed E-state index contributed by atoms with van der Waals surface area (Å²) < 4.78 is 0.980. The molecule has 20 heavy (non-hydrogen) atoms. The molecular weight excluding hydrogens is 292 g/mol. The highest BCUT2D eigenvalue weighted by Gasteiger charge is 2.23. The fourth-order valence-electron chi connectivity index (χ4n) is 2.71. The average Bonchev–Trinajstić information content (AvgIpc) is 2.65. The first-order valence-corrected chi connectivity index (χ1v) is 8.13. The van der Waals surface area contributed by atoms with Crippen LogP contribution in [-0.4, -0.2) is 23.9 Å². The van der Waals surface area contributed by atoms with E-state index < -0.39 is 0 Å². The minimum Gasteiger partial charge on any atom is -0.397 e. The van der Waals surface area contributed by atoms with E-state index in [-0.39, 0.29) is 5.91 Å². The summed E-state index contributed by atoms with van der Waals surface area (Å²) in [6, 6.07) is 5.66. The Labute approximate surface area is 127 Å². The lowest BCUT2D eigenvalue weighted by Gasteiger charge is -2.19. The number of thiophene rings is 1. The number of hydrogen-bond donors (Lipinski definition) is 1. The topological polar surface area (TPSA) is 46.3 Å². The summed E-state index contributed by atoms with van der Waals surface area (Å²) in [7, 11) is 0. The highest BCUT2D eigenvalue weighted by Crippen LogP contribution is 2.38. The number of rotatable bonds is 1. The summed E-state index contributed by atoms with van der Waals surface area (Å²) in [5, 5.41) is 1.43. The van der Waals surface area contributed by atoms with Crippen LogP contribution in [0.2, 0.25) is 5.02 Å². The van der Waals surface area contributed by atoms with E-state index in [2.05, 4.69) is 0 Å². The van der Waals surface area contributed by atoms with Crippen LogP contribution in [0.5, 0.6) is 0 Å². The highest BCUT2D eigenvalue weighted by molar-refractivity contribution is 7.21. The number of hydrogen-bond acceptors (Lipinski definition) is 3. The molecule has 0 atom stereocenters. The quantitative estimate of drug-likeness (QED) is 0.860. The Morgan fingerprint density at radius 2 is 1.90 bits per heavy atom. The maximum Gasteiger partial charge on any atom is 0.266 e. The molecule has 1 amide bonds. The zero-order valence-electron chi connectivity index (χ0n) is 11.2. The van der Waals surface area contributed by atoms with Crippen LogP contribution in [0.1, 0.15) is 35.4 Å². The third-order valence-corrected chi connectivity index (χ3v) is 5.26. The van der Waals surface area contributed by atoms with Crippen LogP contribution in [0.4, 0.5) is 5.69 Å². The maximum atomic E-state index is 12.7. The number of halogens is 1. The van der Waals surface area contributed by atoms with Crippen molar-refractivity contribution in [2.45, 2.75) is 25.7 Å². The number of carbonyl (C=O) groups is 1. The van der Waals surface area contributed by atoms with Crippen molar-refractivity contribution in [3.05, 3.63) is 28.1 Å². The van der Waals surface area contributed by atoms with Crippen LogP contribution < -0.4 is 5.73 Å². The van der Waals surface area contributed by atoms with Gasteiger partial charge in [-0.25, -0.2) is 0 Å². The van der Waals surface area contributed by atoms with Crippen molar-refractivity contribution in [3.63, 3.8) is 0 Å². The van der Waals surface area contributed by atoms with Gasteiger partial charge in [0.25, 0.3) is 5.91 Å². The first-order chi connectivity index (χ1) is 9.68. The van der Waals surface area contributed by atoms with Gasteiger partial charge in [-0.15, -0.1) is 11.3 Å². The number of anilines is 1. The second kappa shape index (κ2) is 5.62. The van der Waals surface area contributed by atoms with Crippen LogP contribution in [0, 0.1) is 0 Å². The van der Waals surface area contributed by atoms with Gasteiger partial charge in [-0.05, 0) is 25.0 Å². The monoisotopic (exact) mass is 308 g/mol. The second-order valence-electron chi connectivity index (χ2n) is 5.16.